The second kappa shape index (κ2) is 14.8. The summed E-state index contributed by atoms with van der Waals surface area (Å²) in [7, 11) is -3.06. The number of nitrogens with zero attached hydrogens (tertiary/aromatic N) is 2. The molecule has 0 aliphatic carbocycles. The smallest absolute Gasteiger partial charge is 0.417 e. The van der Waals surface area contributed by atoms with Crippen molar-refractivity contribution >= 4 is 39.1 Å². The van der Waals surface area contributed by atoms with Gasteiger partial charge < -0.3 is 15.0 Å². The molecule has 0 aliphatic heterocycles. The van der Waals surface area contributed by atoms with Crippen LogP contribution in [0.15, 0.2) is 77.7 Å². The highest BCUT2D eigenvalue weighted by molar-refractivity contribution is 7.92. The molecule has 0 aliphatic rings. The molecule has 0 saturated heterocycles. The Labute approximate surface area is 260 Å². The zero-order chi connectivity index (χ0) is 32.7. The van der Waals surface area contributed by atoms with Crippen LogP contribution < -0.4 is 14.4 Å². The highest BCUT2D eigenvalue weighted by atomic mass is 35.5. The fourth-order valence-electron chi connectivity index (χ4n) is 4.40. The van der Waals surface area contributed by atoms with Crippen LogP contribution in [0, 0.1) is 5.92 Å². The van der Waals surface area contributed by atoms with E-state index in [1.807, 2.05) is 13.8 Å². The number of amides is 2. The van der Waals surface area contributed by atoms with Crippen molar-refractivity contribution in [3.05, 3.63) is 88.9 Å². The first-order valence-corrected chi connectivity index (χ1v) is 15.7. The van der Waals surface area contributed by atoms with Gasteiger partial charge in [-0.15, -0.1) is 0 Å². The number of halogens is 4. The highest BCUT2D eigenvalue weighted by Gasteiger charge is 2.37. The second-order valence-electron chi connectivity index (χ2n) is 10.4. The Bertz CT molecular complexity index is 1540. The monoisotopic (exact) mass is 653 g/mol. The molecule has 1 atom stereocenters. The van der Waals surface area contributed by atoms with Crippen LogP contribution >= 0.6 is 11.6 Å². The maximum atomic E-state index is 14.1. The Balaban J connectivity index is 2.12. The lowest BCUT2D eigenvalue weighted by Crippen LogP contribution is -2.52. The summed E-state index contributed by atoms with van der Waals surface area (Å²) in [5.74, 6) is -0.542. The number of carbonyl (C=O) groups excluding carboxylic acids is 2. The molecule has 0 heterocycles. The number of hydrogen-bond donors (Lipinski definition) is 1. The Morgan fingerprint density at radius 2 is 1.64 bits per heavy atom. The minimum absolute atomic E-state index is 0.0793. The molecule has 0 bridgehead atoms. The fraction of sp³-hybridized carbons (Fsp3) is 0.355. The maximum absolute atomic E-state index is 14.1. The van der Waals surface area contributed by atoms with Crippen LogP contribution in [-0.2, 0) is 32.3 Å². The molecule has 0 aromatic heterocycles. The van der Waals surface area contributed by atoms with E-state index >= 15 is 0 Å². The van der Waals surface area contributed by atoms with E-state index in [1.165, 1.54) is 36.3 Å². The van der Waals surface area contributed by atoms with Gasteiger partial charge in [-0.05, 0) is 60.4 Å². The molecule has 3 aromatic rings. The summed E-state index contributed by atoms with van der Waals surface area (Å²) in [6, 6.07) is 15.4. The van der Waals surface area contributed by atoms with Gasteiger partial charge in [0.25, 0.3) is 10.0 Å². The van der Waals surface area contributed by atoms with E-state index in [4.69, 9.17) is 16.3 Å². The summed E-state index contributed by atoms with van der Waals surface area (Å²) in [4.78, 5) is 28.4. The molecular weight excluding hydrogens is 619 g/mol. The maximum Gasteiger partial charge on any atom is 0.417 e. The molecule has 3 rings (SSSR count). The minimum Gasteiger partial charge on any atom is -0.497 e. The van der Waals surface area contributed by atoms with Crippen LogP contribution in [0.3, 0.4) is 0 Å². The first kappa shape index (κ1) is 34.7. The van der Waals surface area contributed by atoms with Gasteiger partial charge in [0.05, 0.1) is 28.3 Å². The Hall–Kier alpha value is -3.77. The molecule has 0 unspecified atom stereocenters. The van der Waals surface area contributed by atoms with E-state index < -0.39 is 56.9 Å². The van der Waals surface area contributed by atoms with Crippen molar-refractivity contribution in [2.45, 2.75) is 50.9 Å². The topological polar surface area (TPSA) is 96.0 Å². The van der Waals surface area contributed by atoms with Gasteiger partial charge in [0.1, 0.15) is 18.3 Å². The largest absolute Gasteiger partial charge is 0.497 e. The average molecular weight is 654 g/mol. The van der Waals surface area contributed by atoms with Crippen LogP contribution in [0.25, 0.3) is 0 Å². The lowest BCUT2D eigenvalue weighted by atomic mass is 10.1. The van der Waals surface area contributed by atoms with Crippen molar-refractivity contribution in [1.29, 1.82) is 0 Å². The van der Waals surface area contributed by atoms with Gasteiger partial charge in [0.15, 0.2) is 0 Å². The van der Waals surface area contributed by atoms with E-state index in [1.54, 1.807) is 37.3 Å². The van der Waals surface area contributed by atoms with Gasteiger partial charge in [-0.1, -0.05) is 62.7 Å². The predicted molar refractivity (Wildman–Crippen MR) is 163 cm³/mol. The van der Waals surface area contributed by atoms with Gasteiger partial charge in [-0.25, -0.2) is 8.42 Å². The van der Waals surface area contributed by atoms with Gasteiger partial charge in [0.2, 0.25) is 11.8 Å². The zero-order valence-electron chi connectivity index (χ0n) is 24.8. The normalized spacial score (nSPS) is 12.5. The number of benzene rings is 3. The first-order chi connectivity index (χ1) is 20.7. The molecule has 0 saturated carbocycles. The zero-order valence-corrected chi connectivity index (χ0v) is 26.3. The van der Waals surface area contributed by atoms with Gasteiger partial charge in [0, 0.05) is 13.1 Å². The lowest BCUT2D eigenvalue weighted by molar-refractivity contribution is -0.140. The van der Waals surface area contributed by atoms with E-state index in [-0.39, 0.29) is 23.8 Å². The second-order valence-corrected chi connectivity index (χ2v) is 12.7. The van der Waals surface area contributed by atoms with Crippen molar-refractivity contribution < 1.29 is 35.9 Å². The van der Waals surface area contributed by atoms with Gasteiger partial charge in [-0.2, -0.15) is 13.2 Å². The van der Waals surface area contributed by atoms with Crippen LogP contribution in [0.5, 0.6) is 5.75 Å². The van der Waals surface area contributed by atoms with Crippen molar-refractivity contribution in [3.8, 4) is 5.75 Å². The van der Waals surface area contributed by atoms with Crippen LogP contribution in [-0.4, -0.2) is 51.4 Å². The number of methoxy groups -OCH3 is 1. The molecule has 0 fully saturated rings. The van der Waals surface area contributed by atoms with E-state index in [0.717, 1.165) is 12.1 Å². The molecule has 1 N–H and O–H groups in total. The third-order valence-corrected chi connectivity index (χ3v) is 8.85. The first-order valence-electron chi connectivity index (χ1n) is 13.8. The standard InChI is InChI=1S/C31H35ClF3N3O5S/c1-5-28(30(40)36-18-21(2)3)37(19-22-11-14-24(43-4)15-12-22)29(39)20-38(44(41,42)25-9-7-6-8-10-25)23-13-16-27(32)26(17-23)31(33,34)35/h6-17,21,28H,5,18-20H2,1-4H3,(H,36,40)/t28-/m0/s1. The molecule has 0 spiro atoms. The molecule has 3 aromatic carbocycles. The van der Waals surface area contributed by atoms with Crippen molar-refractivity contribution in [2.24, 2.45) is 5.92 Å². The van der Waals surface area contributed by atoms with Crippen LogP contribution in [0.2, 0.25) is 5.02 Å². The Morgan fingerprint density at radius 3 is 2.18 bits per heavy atom. The number of alkyl halides is 3. The molecule has 44 heavy (non-hydrogen) atoms. The Morgan fingerprint density at radius 1 is 1.00 bits per heavy atom. The fourth-order valence-corrected chi connectivity index (χ4v) is 6.06. The van der Waals surface area contributed by atoms with Crippen molar-refractivity contribution in [1.82, 2.24) is 10.2 Å². The summed E-state index contributed by atoms with van der Waals surface area (Å²) in [5, 5.41) is 2.19. The lowest BCUT2D eigenvalue weighted by Gasteiger charge is -2.33. The minimum atomic E-state index is -4.89. The number of nitrogens with one attached hydrogen (secondary N) is 1. The summed E-state index contributed by atoms with van der Waals surface area (Å²) >= 11 is 5.82. The SMILES string of the molecule is CC[C@@H](C(=O)NCC(C)C)N(Cc1ccc(OC)cc1)C(=O)CN(c1ccc(Cl)c(C(F)(F)F)c1)S(=O)(=O)c1ccccc1. The Kier molecular flexibility index (Phi) is 11.7. The van der Waals surface area contributed by atoms with Crippen molar-refractivity contribution in [3.63, 3.8) is 0 Å². The third-order valence-electron chi connectivity index (χ3n) is 6.74. The predicted octanol–water partition coefficient (Wildman–Crippen LogP) is 6.14. The number of sulfonamides is 1. The molecule has 8 nitrogen and oxygen atoms in total. The van der Waals surface area contributed by atoms with Crippen LogP contribution in [0.4, 0.5) is 18.9 Å². The quantitative estimate of drug-likeness (QED) is 0.239. The third kappa shape index (κ3) is 8.66. The van der Waals surface area contributed by atoms with Gasteiger partial charge in [-0.3, -0.25) is 13.9 Å². The number of carbonyl (C=O) groups is 2. The number of hydrogen-bond acceptors (Lipinski definition) is 5. The van der Waals surface area contributed by atoms with Crippen LogP contribution in [0.1, 0.15) is 38.3 Å². The molecule has 2 amide bonds. The van der Waals surface area contributed by atoms with E-state index in [0.29, 0.717) is 28.2 Å². The van der Waals surface area contributed by atoms with E-state index in [9.17, 15) is 31.2 Å². The molecule has 13 heteroatoms. The highest BCUT2D eigenvalue weighted by Crippen LogP contribution is 2.38. The molecule has 238 valence electrons. The average Bonchev–Trinajstić information content (AvgIpc) is 2.99. The van der Waals surface area contributed by atoms with Crippen molar-refractivity contribution in [2.75, 3.05) is 24.5 Å². The number of anilines is 1. The molecule has 0 radical (unpaired) electrons. The number of ether oxygens (including phenoxy) is 1. The summed E-state index contributed by atoms with van der Waals surface area (Å²) in [6.45, 7) is 4.91. The summed E-state index contributed by atoms with van der Waals surface area (Å²) < 4.78 is 74.9. The van der Waals surface area contributed by atoms with Gasteiger partial charge >= 0.3 is 6.18 Å². The summed E-state index contributed by atoms with van der Waals surface area (Å²) in [5.41, 5.74) is -1.05. The van der Waals surface area contributed by atoms with E-state index in [2.05, 4.69) is 5.32 Å². The summed E-state index contributed by atoms with van der Waals surface area (Å²) in [6.07, 6.45) is -4.70. The molecular formula is C31H35ClF3N3O5S. The number of rotatable bonds is 13.